The molecule has 1 aliphatic rings. The molecule has 2 rings (SSSR count). The number of carbonyl (C=O) groups excluding carboxylic acids is 1. The first-order valence-electron chi connectivity index (χ1n) is 4.50. The fourth-order valence-electron chi connectivity index (χ4n) is 1.48. The third-order valence-corrected chi connectivity index (χ3v) is 2.70. The summed E-state index contributed by atoms with van der Waals surface area (Å²) >= 11 is 2.16. The normalized spacial score (nSPS) is 17.2. The minimum Gasteiger partial charge on any atom is -0.333 e. The van der Waals surface area contributed by atoms with E-state index in [1.807, 2.05) is 4.90 Å². The third-order valence-electron chi connectivity index (χ3n) is 2.14. The highest BCUT2D eigenvalue weighted by Gasteiger charge is 2.18. The third kappa shape index (κ3) is 2.20. The van der Waals surface area contributed by atoms with E-state index in [1.165, 1.54) is 0 Å². The largest absolute Gasteiger partial charge is 0.333 e. The van der Waals surface area contributed by atoms with Gasteiger partial charge in [-0.05, 0) is 29.0 Å². The molecule has 1 fully saturated rings. The van der Waals surface area contributed by atoms with Crippen LogP contribution in [0.5, 0.6) is 0 Å². The molecule has 0 bridgehead atoms. The summed E-state index contributed by atoms with van der Waals surface area (Å²) in [6.07, 6.45) is 5.14. The minimum atomic E-state index is 0.276. The van der Waals surface area contributed by atoms with Gasteiger partial charge in [0.1, 0.15) is 0 Å². The number of piperidine rings is 1. The maximum atomic E-state index is 11.2. The number of anilines is 1. The quantitative estimate of drug-likeness (QED) is 0.733. The van der Waals surface area contributed by atoms with Crippen LogP contribution in [0.3, 0.4) is 0 Å². The maximum Gasteiger partial charge on any atom is 0.225 e. The first-order valence-corrected chi connectivity index (χ1v) is 5.58. The number of nitrogens with zero attached hydrogens (tertiary/aromatic N) is 3. The summed E-state index contributed by atoms with van der Waals surface area (Å²) < 4.78 is 1.01. The lowest BCUT2D eigenvalue weighted by atomic mass is 10.1. The van der Waals surface area contributed by atoms with Crippen LogP contribution in [0.25, 0.3) is 0 Å². The molecule has 0 saturated carbocycles. The number of hydrogen-bond donors (Lipinski definition) is 0. The van der Waals surface area contributed by atoms with Gasteiger partial charge in [-0.15, -0.1) is 0 Å². The highest BCUT2D eigenvalue weighted by Crippen LogP contribution is 2.13. The topological polar surface area (TPSA) is 46.1 Å². The van der Waals surface area contributed by atoms with Gasteiger partial charge in [-0.1, -0.05) is 0 Å². The number of ketones is 1. The van der Waals surface area contributed by atoms with Gasteiger partial charge in [0.2, 0.25) is 5.95 Å². The van der Waals surface area contributed by atoms with Crippen molar-refractivity contribution in [3.8, 4) is 0 Å². The van der Waals surface area contributed by atoms with E-state index in [9.17, 15) is 4.79 Å². The van der Waals surface area contributed by atoms with E-state index in [-0.39, 0.29) is 5.78 Å². The highest BCUT2D eigenvalue weighted by molar-refractivity contribution is 14.1. The first-order chi connectivity index (χ1) is 6.75. The molecule has 2 heterocycles. The second-order valence-corrected chi connectivity index (χ2v) is 4.51. The molecule has 1 aromatic rings. The van der Waals surface area contributed by atoms with Gasteiger partial charge in [0.25, 0.3) is 0 Å². The zero-order chi connectivity index (χ0) is 9.97. The summed E-state index contributed by atoms with van der Waals surface area (Å²) in [5, 5.41) is 0. The van der Waals surface area contributed by atoms with E-state index >= 15 is 0 Å². The Hall–Kier alpha value is -0.720. The van der Waals surface area contributed by atoms with Crippen molar-refractivity contribution in [2.45, 2.75) is 12.8 Å². The zero-order valence-electron chi connectivity index (χ0n) is 7.61. The molecule has 5 heteroatoms. The Morgan fingerprint density at radius 1 is 1.36 bits per heavy atom. The van der Waals surface area contributed by atoms with Crippen LogP contribution in [0, 0.1) is 3.57 Å². The second-order valence-electron chi connectivity index (χ2n) is 3.27. The van der Waals surface area contributed by atoms with Crippen LogP contribution in [0.2, 0.25) is 0 Å². The van der Waals surface area contributed by atoms with Gasteiger partial charge in [0.05, 0.1) is 6.54 Å². The van der Waals surface area contributed by atoms with Crippen LogP contribution in [-0.2, 0) is 4.79 Å². The predicted molar refractivity (Wildman–Crippen MR) is 61.2 cm³/mol. The monoisotopic (exact) mass is 303 g/mol. The fourth-order valence-corrected chi connectivity index (χ4v) is 1.76. The number of aromatic nitrogens is 2. The molecule has 0 atom stereocenters. The Morgan fingerprint density at radius 2 is 2.07 bits per heavy atom. The predicted octanol–water partition coefficient (Wildman–Crippen LogP) is 1.25. The molecule has 0 spiro atoms. The van der Waals surface area contributed by atoms with Crippen molar-refractivity contribution in [2.75, 3.05) is 18.0 Å². The lowest BCUT2D eigenvalue weighted by molar-refractivity contribution is -0.118. The van der Waals surface area contributed by atoms with Gasteiger partial charge < -0.3 is 4.90 Å². The van der Waals surface area contributed by atoms with Crippen molar-refractivity contribution >= 4 is 34.3 Å². The van der Waals surface area contributed by atoms with E-state index in [0.29, 0.717) is 18.9 Å². The van der Waals surface area contributed by atoms with Crippen molar-refractivity contribution in [1.29, 1.82) is 0 Å². The Morgan fingerprint density at radius 3 is 2.71 bits per heavy atom. The summed E-state index contributed by atoms with van der Waals surface area (Å²) in [6.45, 7) is 1.34. The Bertz CT molecular complexity index is 338. The van der Waals surface area contributed by atoms with Gasteiger partial charge in [-0.25, -0.2) is 9.97 Å². The van der Waals surface area contributed by atoms with E-state index in [2.05, 4.69) is 32.6 Å². The number of carbonyl (C=O) groups is 1. The smallest absolute Gasteiger partial charge is 0.225 e. The number of Topliss-reactive ketones (excluding diaryl/α,β-unsaturated/α-hetero) is 1. The van der Waals surface area contributed by atoms with Crippen LogP contribution in [-0.4, -0.2) is 28.8 Å². The van der Waals surface area contributed by atoms with E-state index in [4.69, 9.17) is 0 Å². The van der Waals surface area contributed by atoms with Crippen molar-refractivity contribution in [3.63, 3.8) is 0 Å². The zero-order valence-corrected chi connectivity index (χ0v) is 9.77. The summed E-state index contributed by atoms with van der Waals surface area (Å²) in [7, 11) is 0. The molecule has 74 valence electrons. The molecule has 1 aromatic heterocycles. The van der Waals surface area contributed by atoms with E-state index in [1.54, 1.807) is 12.4 Å². The Kier molecular flexibility index (Phi) is 2.95. The number of halogens is 1. The fraction of sp³-hybridized carbons (Fsp3) is 0.444. The van der Waals surface area contributed by atoms with Crippen LogP contribution in [0.1, 0.15) is 12.8 Å². The van der Waals surface area contributed by atoms with Crippen molar-refractivity contribution in [2.24, 2.45) is 0 Å². The summed E-state index contributed by atoms with van der Waals surface area (Å²) in [5.41, 5.74) is 0. The van der Waals surface area contributed by atoms with Gasteiger partial charge in [-0.2, -0.15) is 0 Å². The minimum absolute atomic E-state index is 0.276. The van der Waals surface area contributed by atoms with Gasteiger partial charge >= 0.3 is 0 Å². The van der Waals surface area contributed by atoms with Gasteiger partial charge in [-0.3, -0.25) is 4.79 Å². The average Bonchev–Trinajstić information content (AvgIpc) is 2.19. The first kappa shape index (κ1) is 9.82. The van der Waals surface area contributed by atoms with Gasteiger partial charge in [0.15, 0.2) is 5.78 Å². The summed E-state index contributed by atoms with van der Waals surface area (Å²) in [6, 6.07) is 0. The van der Waals surface area contributed by atoms with Crippen molar-refractivity contribution in [3.05, 3.63) is 16.0 Å². The van der Waals surface area contributed by atoms with E-state index in [0.717, 1.165) is 16.5 Å². The van der Waals surface area contributed by atoms with Crippen molar-refractivity contribution < 1.29 is 4.79 Å². The molecule has 0 radical (unpaired) electrons. The standard InChI is InChI=1S/C9H10IN3O/c10-7-4-11-9(12-5-7)13-3-1-2-8(14)6-13/h4-5H,1-3,6H2. The lowest BCUT2D eigenvalue weighted by Crippen LogP contribution is -2.36. The molecule has 0 unspecified atom stereocenters. The second kappa shape index (κ2) is 4.20. The van der Waals surface area contributed by atoms with Crippen LogP contribution >= 0.6 is 22.6 Å². The van der Waals surface area contributed by atoms with Gasteiger partial charge in [0, 0.05) is 28.9 Å². The molecule has 14 heavy (non-hydrogen) atoms. The van der Waals surface area contributed by atoms with Crippen LogP contribution in [0.4, 0.5) is 5.95 Å². The molecule has 0 aliphatic carbocycles. The molecule has 1 saturated heterocycles. The van der Waals surface area contributed by atoms with E-state index < -0.39 is 0 Å². The molecule has 0 amide bonds. The molecule has 0 N–H and O–H groups in total. The maximum absolute atomic E-state index is 11.2. The molecule has 0 aromatic carbocycles. The van der Waals surface area contributed by atoms with Crippen LogP contribution < -0.4 is 4.90 Å². The average molecular weight is 303 g/mol. The molecule has 4 nitrogen and oxygen atoms in total. The highest BCUT2D eigenvalue weighted by atomic mass is 127. The SMILES string of the molecule is O=C1CCCN(c2ncc(I)cn2)C1. The van der Waals surface area contributed by atoms with Crippen LogP contribution in [0.15, 0.2) is 12.4 Å². The summed E-state index contributed by atoms with van der Waals surface area (Å²) in [5.74, 6) is 0.942. The lowest BCUT2D eigenvalue weighted by Gasteiger charge is -2.25. The summed E-state index contributed by atoms with van der Waals surface area (Å²) in [4.78, 5) is 21.5. The molecular weight excluding hydrogens is 293 g/mol. The molecule has 1 aliphatic heterocycles. The Balaban J connectivity index is 2.14. The molecular formula is C9H10IN3O. The van der Waals surface area contributed by atoms with Crippen molar-refractivity contribution in [1.82, 2.24) is 9.97 Å². The number of rotatable bonds is 1. The Labute approximate surface area is 95.9 Å². The number of hydrogen-bond acceptors (Lipinski definition) is 4.